The molecule has 4 rings (SSSR count). The molecule has 2 aromatic carbocycles. The molecule has 1 saturated heterocycles. The molecule has 0 aliphatic carbocycles. The lowest BCUT2D eigenvalue weighted by molar-refractivity contribution is 0.0996. The number of piperazine rings is 1. The summed E-state index contributed by atoms with van der Waals surface area (Å²) in [6.07, 6.45) is 0. The van der Waals surface area contributed by atoms with Gasteiger partial charge >= 0.3 is 0 Å². The number of fused-ring (bicyclic) bond motifs is 1. The van der Waals surface area contributed by atoms with E-state index in [-0.39, 0.29) is 11.5 Å². The molecule has 1 amide bonds. The Hall–Kier alpha value is -2.83. The minimum Gasteiger partial charge on any atom is -0.364 e. The average molecular weight is 392 g/mol. The highest BCUT2D eigenvalue weighted by atomic mass is 19.1. The largest absolute Gasteiger partial charge is 0.364 e. The molecule has 6 heteroatoms. The molecule has 1 aliphatic heterocycles. The van der Waals surface area contributed by atoms with Crippen LogP contribution in [0.15, 0.2) is 48.5 Å². The van der Waals surface area contributed by atoms with Crippen molar-refractivity contribution in [2.75, 3.05) is 32.7 Å². The summed E-state index contributed by atoms with van der Waals surface area (Å²) in [7, 11) is 0. The van der Waals surface area contributed by atoms with E-state index >= 15 is 0 Å². The van der Waals surface area contributed by atoms with Gasteiger partial charge in [0.25, 0.3) is 5.91 Å². The topological polar surface area (TPSA) is 62.5 Å². The highest BCUT2D eigenvalue weighted by Crippen LogP contribution is 2.30. The molecule has 2 N–H and O–H groups in total. The first kappa shape index (κ1) is 19.5. The molecule has 1 aromatic heterocycles. The van der Waals surface area contributed by atoms with Crippen molar-refractivity contribution < 1.29 is 9.18 Å². The van der Waals surface area contributed by atoms with Crippen LogP contribution >= 0.6 is 0 Å². The first-order chi connectivity index (χ1) is 14.0. The number of rotatable bonds is 5. The van der Waals surface area contributed by atoms with Gasteiger partial charge in [0, 0.05) is 38.1 Å². The third-order valence-corrected chi connectivity index (χ3v) is 5.60. The van der Waals surface area contributed by atoms with Crippen molar-refractivity contribution in [3.63, 3.8) is 0 Å². The monoisotopic (exact) mass is 392 g/mol. The van der Waals surface area contributed by atoms with Crippen LogP contribution in [-0.2, 0) is 6.54 Å². The molecule has 0 radical (unpaired) electrons. The van der Waals surface area contributed by atoms with E-state index in [1.165, 1.54) is 12.1 Å². The van der Waals surface area contributed by atoms with Crippen molar-refractivity contribution in [2.24, 2.45) is 5.73 Å². The fraction of sp³-hybridized carbons (Fsp3) is 0.304. The molecule has 150 valence electrons. The zero-order valence-electron chi connectivity index (χ0n) is 16.6. The molecule has 0 atom stereocenters. The second-order valence-corrected chi connectivity index (χ2v) is 7.49. The van der Waals surface area contributed by atoms with Crippen LogP contribution in [0.3, 0.4) is 0 Å². The normalized spacial score (nSPS) is 15.7. The number of likely N-dealkylation sites (N-methyl/N-ethyl adjacent to an activating group) is 1. The lowest BCUT2D eigenvalue weighted by Gasteiger charge is -2.34. The van der Waals surface area contributed by atoms with E-state index in [0.717, 1.165) is 66.9 Å². The number of hydrogen-bond donors (Lipinski definition) is 1. The van der Waals surface area contributed by atoms with Crippen LogP contribution in [0.5, 0.6) is 0 Å². The van der Waals surface area contributed by atoms with Gasteiger partial charge in [-0.1, -0.05) is 31.2 Å². The van der Waals surface area contributed by atoms with Gasteiger partial charge in [-0.05, 0) is 47.5 Å². The van der Waals surface area contributed by atoms with Crippen LogP contribution in [0.1, 0.15) is 23.0 Å². The van der Waals surface area contributed by atoms with E-state index in [1.54, 1.807) is 18.2 Å². The molecule has 0 unspecified atom stereocenters. The molecule has 3 aromatic rings. The smallest absolute Gasteiger partial charge is 0.267 e. The number of hydrogen-bond acceptors (Lipinski definition) is 4. The molecule has 2 heterocycles. The number of pyridine rings is 1. The lowest BCUT2D eigenvalue weighted by Crippen LogP contribution is -2.45. The Kier molecular flexibility index (Phi) is 5.56. The summed E-state index contributed by atoms with van der Waals surface area (Å²) in [4.78, 5) is 21.2. The predicted octanol–water partition coefficient (Wildman–Crippen LogP) is 3.28. The summed E-state index contributed by atoms with van der Waals surface area (Å²) in [6, 6.07) is 14.1. The maximum absolute atomic E-state index is 13.4. The number of benzene rings is 2. The van der Waals surface area contributed by atoms with E-state index in [2.05, 4.69) is 27.8 Å². The molecular weight excluding hydrogens is 367 g/mol. The molecule has 5 nitrogen and oxygen atoms in total. The van der Waals surface area contributed by atoms with Crippen LogP contribution in [-0.4, -0.2) is 53.4 Å². The van der Waals surface area contributed by atoms with Crippen LogP contribution in [0.25, 0.3) is 22.0 Å². The molecule has 29 heavy (non-hydrogen) atoms. The Labute approximate surface area is 169 Å². The Morgan fingerprint density at radius 2 is 1.72 bits per heavy atom. The number of halogens is 1. The summed E-state index contributed by atoms with van der Waals surface area (Å²) < 4.78 is 13.4. The number of aromatic nitrogens is 1. The first-order valence-electron chi connectivity index (χ1n) is 9.97. The van der Waals surface area contributed by atoms with Gasteiger partial charge in [0.15, 0.2) is 0 Å². The highest BCUT2D eigenvalue weighted by molar-refractivity contribution is 6.00. The zero-order valence-corrected chi connectivity index (χ0v) is 16.6. The minimum atomic E-state index is -0.573. The van der Waals surface area contributed by atoms with Gasteiger partial charge in [0.05, 0.1) is 5.52 Å². The Balaban J connectivity index is 1.68. The van der Waals surface area contributed by atoms with E-state index in [1.807, 2.05) is 12.1 Å². The number of amides is 1. The molecule has 1 fully saturated rings. The SMILES string of the molecule is CCN1CCN(Cc2ccc3c(-c4ccc(F)cc4)cc(C(N)=O)nc3c2)CC1. The third-order valence-electron chi connectivity index (χ3n) is 5.60. The van der Waals surface area contributed by atoms with E-state index < -0.39 is 5.91 Å². The second kappa shape index (κ2) is 8.27. The van der Waals surface area contributed by atoms with Crippen molar-refractivity contribution >= 4 is 16.8 Å². The van der Waals surface area contributed by atoms with E-state index in [0.29, 0.717) is 0 Å². The number of carbonyl (C=O) groups is 1. The minimum absolute atomic E-state index is 0.213. The van der Waals surface area contributed by atoms with Crippen molar-refractivity contribution in [2.45, 2.75) is 13.5 Å². The number of primary amides is 1. The highest BCUT2D eigenvalue weighted by Gasteiger charge is 2.17. The van der Waals surface area contributed by atoms with E-state index in [9.17, 15) is 9.18 Å². The summed E-state index contributed by atoms with van der Waals surface area (Å²) in [5, 5.41) is 0.918. The molecule has 0 saturated carbocycles. The van der Waals surface area contributed by atoms with Crippen LogP contribution in [0.4, 0.5) is 4.39 Å². The number of carbonyl (C=O) groups excluding carboxylic acids is 1. The molecule has 1 aliphatic rings. The number of nitrogens with zero attached hydrogens (tertiary/aromatic N) is 3. The summed E-state index contributed by atoms with van der Waals surface area (Å²) in [5.41, 5.74) is 9.26. The summed E-state index contributed by atoms with van der Waals surface area (Å²) in [5.74, 6) is -0.871. The van der Waals surface area contributed by atoms with Gasteiger partial charge in [0.1, 0.15) is 11.5 Å². The summed E-state index contributed by atoms with van der Waals surface area (Å²) >= 11 is 0. The Bertz CT molecular complexity index is 1030. The molecule has 0 spiro atoms. The van der Waals surface area contributed by atoms with Crippen molar-refractivity contribution in [1.82, 2.24) is 14.8 Å². The summed E-state index contributed by atoms with van der Waals surface area (Å²) in [6.45, 7) is 8.39. The maximum atomic E-state index is 13.4. The van der Waals surface area contributed by atoms with Gasteiger partial charge in [-0.3, -0.25) is 9.69 Å². The first-order valence-corrected chi connectivity index (χ1v) is 9.97. The zero-order chi connectivity index (χ0) is 20.4. The van der Waals surface area contributed by atoms with E-state index in [4.69, 9.17) is 5.73 Å². The van der Waals surface area contributed by atoms with Gasteiger partial charge in [-0.2, -0.15) is 0 Å². The average Bonchev–Trinajstić information content (AvgIpc) is 2.74. The third kappa shape index (κ3) is 4.28. The standard InChI is InChI=1S/C23H25FN4O/c1-2-27-9-11-28(12-10-27)15-16-3-8-19-20(17-4-6-18(24)7-5-17)14-22(23(25)29)26-21(19)13-16/h3-8,13-14H,2,9-12,15H2,1H3,(H2,25,29). The predicted molar refractivity (Wildman–Crippen MR) is 113 cm³/mol. The molecular formula is C23H25FN4O. The quantitative estimate of drug-likeness (QED) is 0.724. The Morgan fingerprint density at radius 3 is 2.38 bits per heavy atom. The maximum Gasteiger partial charge on any atom is 0.267 e. The van der Waals surface area contributed by atoms with Gasteiger partial charge in [-0.25, -0.2) is 9.37 Å². The van der Waals surface area contributed by atoms with Gasteiger partial charge < -0.3 is 10.6 Å². The molecule has 0 bridgehead atoms. The second-order valence-electron chi connectivity index (χ2n) is 7.49. The van der Waals surface area contributed by atoms with Gasteiger partial charge in [0.2, 0.25) is 0 Å². The van der Waals surface area contributed by atoms with Gasteiger partial charge in [-0.15, -0.1) is 0 Å². The van der Waals surface area contributed by atoms with Crippen molar-refractivity contribution in [1.29, 1.82) is 0 Å². The van der Waals surface area contributed by atoms with Crippen LogP contribution in [0, 0.1) is 5.82 Å². The van der Waals surface area contributed by atoms with Crippen LogP contribution < -0.4 is 5.73 Å². The number of nitrogens with two attached hydrogens (primary N) is 1. The fourth-order valence-corrected chi connectivity index (χ4v) is 3.89. The van der Waals surface area contributed by atoms with Crippen LogP contribution in [0.2, 0.25) is 0 Å². The fourth-order valence-electron chi connectivity index (χ4n) is 3.89. The lowest BCUT2D eigenvalue weighted by atomic mass is 9.98. The van der Waals surface area contributed by atoms with Crippen molar-refractivity contribution in [3.8, 4) is 11.1 Å². The van der Waals surface area contributed by atoms with Crippen molar-refractivity contribution in [3.05, 3.63) is 65.6 Å². The Morgan fingerprint density at radius 1 is 1.03 bits per heavy atom.